The number of hydrogen-bond acceptors (Lipinski definition) is 22. The van der Waals surface area contributed by atoms with Gasteiger partial charge in [0.1, 0.15) is 58.7 Å². The molecule has 5 unspecified atom stereocenters. The number of piperidine rings is 5. The first-order valence-electron chi connectivity index (χ1n) is 44.4. The number of aromatic amines is 1. The van der Waals surface area contributed by atoms with Gasteiger partial charge in [0.2, 0.25) is 41.4 Å². The van der Waals surface area contributed by atoms with Crippen molar-refractivity contribution < 1.29 is 81.5 Å². The summed E-state index contributed by atoms with van der Waals surface area (Å²) < 4.78 is 0. The van der Waals surface area contributed by atoms with Crippen molar-refractivity contribution >= 4 is 140 Å². The number of fused-ring (bicyclic) bond motifs is 1. The van der Waals surface area contributed by atoms with Crippen LogP contribution in [0.1, 0.15) is 92.9 Å². The number of amides is 17. The van der Waals surface area contributed by atoms with Crippen molar-refractivity contribution in [1.29, 1.82) is 0 Å². The Morgan fingerprint density at radius 3 is 1.01 bits per heavy atom. The summed E-state index contributed by atoms with van der Waals surface area (Å²) in [6.07, 6.45) is 14.5. The number of carbonyl (C=O) groups excluding carboxylic acids is 17. The highest BCUT2D eigenvalue weighted by atomic mass is 16.2. The van der Waals surface area contributed by atoms with Gasteiger partial charge in [-0.2, -0.15) is 0 Å². The lowest BCUT2D eigenvalue weighted by Crippen LogP contribution is -2.52. The molecule has 0 aliphatic carbocycles. The number of carbonyl (C=O) groups is 17. The summed E-state index contributed by atoms with van der Waals surface area (Å²) >= 11 is 0. The van der Waals surface area contributed by atoms with E-state index in [1.165, 1.54) is 40.8 Å². The minimum Gasteiger partial charge on any atom is -0.361 e. The third kappa shape index (κ3) is 23.2. The minimum absolute atomic E-state index is 0.0101. The summed E-state index contributed by atoms with van der Waals surface area (Å²) in [6.45, 7) is 18.5. The molecule has 0 bridgehead atoms. The molecule has 138 heavy (non-hydrogen) atoms. The average Bonchev–Trinajstić information content (AvgIpc) is 1.65. The van der Waals surface area contributed by atoms with Crippen LogP contribution in [0.5, 0.6) is 0 Å². The Morgan fingerprint density at radius 2 is 0.659 bits per heavy atom. The van der Waals surface area contributed by atoms with E-state index in [2.05, 4.69) is 108 Å². The van der Waals surface area contributed by atoms with Crippen molar-refractivity contribution in [2.75, 3.05) is 47.7 Å². The van der Waals surface area contributed by atoms with Crippen LogP contribution in [0.2, 0.25) is 0 Å². The number of aryl methyl sites for hydroxylation is 1. The van der Waals surface area contributed by atoms with Crippen LogP contribution in [0, 0.1) is 0 Å². The third-order valence-electron chi connectivity index (χ3n) is 23.7. The number of nitrogens with one attached hydrogen (secondary N) is 12. The standard InChI is InChI=1S/C23H21N3O3.C22H19N3O3.2C20H22N4O4.C18H16N4O3/c1-15-7-12-20(22(28)24-15)26-21(27)14-19(23(26)29)25-18-10-8-17(9-11-18)13-16-5-3-2-4-6-16;1-14-7-12-19(21(27)23-14)25-20(26)13-18(22(25)28)24-17-10-8-16(9-11-17)15-5-3-2-4-6-15;1-12-4-9-16(19(27)21-12)24-18(26)11-15(20(24)28)22-14-7-5-13(6-8-14)10-17(25)23(2)3;1-12-6-8-16(19(27)22-12)24-18(26)11-15(20(24)28)23-14-5-3-4-13(10-14)7-9-17(25)21-2;1-10-2-5-15(17(24)20-10)22-16(23)9-14(18(22)25)21-12-4-3-11-6-7-19-13(11)8-12/h2-6,8-11,14,20,25H,1,7,12-13H2,(H,24,28);2-6,8-11,13,19,24H,1,7,12H2,(H,23,27);5-8,11,16,22H,1,4,9-10H2,2-3H3,(H,21,27);3-5,10-11,16,23H,1,6-9H2,2H3,(H,21,25)(H,22,27);3-4,6-9,15,19,21H,1-2,5H2,(H,20,24). The van der Waals surface area contributed by atoms with Crippen molar-refractivity contribution in [2.45, 2.75) is 120 Å². The van der Waals surface area contributed by atoms with Gasteiger partial charge in [0.05, 0.1) is 6.42 Å². The zero-order valence-electron chi connectivity index (χ0n) is 75.7. The molecule has 17 amide bonds. The predicted octanol–water partition coefficient (Wildman–Crippen LogP) is 8.77. The van der Waals surface area contributed by atoms with E-state index in [0.29, 0.717) is 134 Å². The molecule has 35 nitrogen and oxygen atoms in total. The van der Waals surface area contributed by atoms with Gasteiger partial charge >= 0.3 is 0 Å². The topological polar surface area (TPSA) is 458 Å². The van der Waals surface area contributed by atoms with E-state index in [9.17, 15) is 81.5 Å². The molecule has 18 rings (SSSR count). The van der Waals surface area contributed by atoms with E-state index in [1.54, 1.807) is 57.5 Å². The van der Waals surface area contributed by atoms with Gasteiger partial charge < -0.3 is 68.4 Å². The molecule has 5 atom stereocenters. The molecule has 5 saturated heterocycles. The first kappa shape index (κ1) is 96.5. The molecule has 35 heteroatoms. The monoisotopic (exact) mass is 1860 g/mol. The number of likely N-dealkylation sites (N-methyl/N-ethyl adjacent to an activating group) is 1. The van der Waals surface area contributed by atoms with Gasteiger partial charge in [0.15, 0.2) is 0 Å². The van der Waals surface area contributed by atoms with Crippen molar-refractivity contribution in [3.63, 3.8) is 0 Å². The van der Waals surface area contributed by atoms with Crippen LogP contribution in [-0.4, -0.2) is 186 Å². The van der Waals surface area contributed by atoms with Gasteiger partial charge in [0, 0.05) is 127 Å². The lowest BCUT2D eigenvalue weighted by molar-refractivity contribution is -0.146. The molecule has 8 aromatic rings. The molecule has 0 saturated carbocycles. The van der Waals surface area contributed by atoms with Crippen LogP contribution in [0.15, 0.2) is 308 Å². The van der Waals surface area contributed by atoms with Crippen LogP contribution >= 0.6 is 0 Å². The van der Waals surface area contributed by atoms with Crippen LogP contribution in [0.3, 0.4) is 0 Å². The lowest BCUT2D eigenvalue weighted by Gasteiger charge is -2.29. The van der Waals surface area contributed by atoms with Crippen LogP contribution < -0.4 is 58.5 Å². The molecule has 10 aliphatic rings. The Hall–Kier alpha value is -17.5. The fourth-order valence-electron chi connectivity index (χ4n) is 16.4. The Bertz CT molecular complexity index is 6550. The van der Waals surface area contributed by atoms with Crippen molar-refractivity contribution in [3.05, 3.63) is 331 Å². The number of aromatic nitrogens is 1. The molecule has 0 radical (unpaired) electrons. The highest BCUT2D eigenvalue weighted by molar-refractivity contribution is 6.23. The summed E-state index contributed by atoms with van der Waals surface area (Å²) in [5.74, 6) is -7.03. The highest BCUT2D eigenvalue weighted by Crippen LogP contribution is 2.33. The van der Waals surface area contributed by atoms with Gasteiger partial charge in [-0.1, -0.05) is 148 Å². The molecular weight excluding hydrogens is 1760 g/mol. The molecule has 0 spiro atoms. The van der Waals surface area contributed by atoms with Gasteiger partial charge in [-0.15, -0.1) is 0 Å². The van der Waals surface area contributed by atoms with Gasteiger partial charge in [-0.05, 0) is 183 Å². The number of hydrogen-bond donors (Lipinski definition) is 12. The highest BCUT2D eigenvalue weighted by Gasteiger charge is 2.47. The van der Waals surface area contributed by atoms with E-state index in [4.69, 9.17) is 0 Å². The Balaban J connectivity index is 0.000000138. The number of allylic oxidation sites excluding steroid dienone is 5. The first-order valence-corrected chi connectivity index (χ1v) is 44.4. The maximum Gasteiger partial charge on any atom is 0.278 e. The summed E-state index contributed by atoms with van der Waals surface area (Å²) in [5.41, 5.74) is 14.2. The third-order valence-corrected chi connectivity index (χ3v) is 23.7. The Labute approximate surface area is 793 Å². The molecule has 11 heterocycles. The van der Waals surface area contributed by atoms with Crippen LogP contribution in [0.25, 0.3) is 22.0 Å². The smallest absolute Gasteiger partial charge is 0.278 e. The molecule has 10 aliphatic heterocycles. The molecule has 12 N–H and O–H groups in total. The van der Waals surface area contributed by atoms with E-state index in [1.807, 2.05) is 140 Å². The molecule has 1 aromatic heterocycles. The van der Waals surface area contributed by atoms with Crippen molar-refractivity contribution in [2.24, 2.45) is 0 Å². The molecular formula is C103H100N18O17. The van der Waals surface area contributed by atoms with E-state index in [0.717, 1.165) is 69.6 Å². The largest absolute Gasteiger partial charge is 0.361 e. The van der Waals surface area contributed by atoms with Crippen LogP contribution in [-0.2, 0) is 101 Å². The first-order chi connectivity index (χ1) is 66.2. The predicted molar refractivity (Wildman–Crippen MR) is 513 cm³/mol. The molecule has 704 valence electrons. The van der Waals surface area contributed by atoms with Gasteiger partial charge in [0.25, 0.3) is 59.1 Å². The average molecular weight is 1860 g/mol. The SMILES string of the molecule is C=C1CCC(N2C(=O)C=C(Nc3ccc(-c4ccccc4)cc3)C2=O)C(=O)N1.C=C1CCC(N2C(=O)C=C(Nc3ccc(CC(=O)N(C)C)cc3)C2=O)C(=O)N1.C=C1CCC(N2C(=O)C=C(Nc3ccc(Cc4ccccc4)cc3)C2=O)C(=O)N1.C=C1CCC(N2C(=O)C=C(Nc3ccc4cc[nH]c4c3)C2=O)C(=O)N1.C=C1CCC(N2C(=O)C=C(Nc3cccc(CCC(=O)NC)c3)C2=O)C(=O)N1. The second kappa shape index (κ2) is 43.0. The fraction of sp³-hybridized carbons (Fsp3) is 0.214. The number of benzene rings is 7. The molecule has 7 aromatic carbocycles. The zero-order chi connectivity index (χ0) is 98.3. The summed E-state index contributed by atoms with van der Waals surface area (Å²) in [7, 11) is 4.98. The Kier molecular flexibility index (Phi) is 30.1. The second-order valence-corrected chi connectivity index (χ2v) is 33.8. The van der Waals surface area contributed by atoms with E-state index < -0.39 is 101 Å². The fourth-order valence-corrected chi connectivity index (χ4v) is 16.4. The maximum absolute atomic E-state index is 12.7. The second-order valence-electron chi connectivity index (χ2n) is 33.8. The number of anilines is 5. The number of imide groups is 5. The minimum atomic E-state index is -0.833. The van der Waals surface area contributed by atoms with E-state index in [-0.39, 0.29) is 64.4 Å². The summed E-state index contributed by atoms with van der Waals surface area (Å²) in [4.78, 5) is 218. The number of rotatable bonds is 23. The van der Waals surface area contributed by atoms with Crippen molar-refractivity contribution in [3.8, 4) is 11.1 Å². The number of nitrogens with zero attached hydrogens (tertiary/aromatic N) is 6. The van der Waals surface area contributed by atoms with Gasteiger partial charge in [-0.3, -0.25) is 106 Å². The quantitative estimate of drug-likeness (QED) is 0.0266. The van der Waals surface area contributed by atoms with E-state index >= 15 is 0 Å². The number of H-pyrrole nitrogens is 1. The lowest BCUT2D eigenvalue weighted by atomic mass is 10.0. The normalized spacial score (nSPS) is 19.7. The zero-order valence-corrected chi connectivity index (χ0v) is 75.7. The van der Waals surface area contributed by atoms with Crippen LogP contribution in [0.4, 0.5) is 28.4 Å². The summed E-state index contributed by atoms with van der Waals surface area (Å²) in [6, 6.07) is 53.2. The molecule has 5 fully saturated rings. The summed E-state index contributed by atoms with van der Waals surface area (Å²) in [5, 5.41) is 31.5. The maximum atomic E-state index is 12.7. The Morgan fingerprint density at radius 1 is 0.348 bits per heavy atom. The van der Waals surface area contributed by atoms with Crippen molar-refractivity contribution in [1.82, 2.24) is 66.3 Å². The van der Waals surface area contributed by atoms with Gasteiger partial charge in [-0.25, -0.2) is 0 Å².